The first kappa shape index (κ1) is 11.0. The molecule has 0 unspecified atom stereocenters. The van der Waals surface area contributed by atoms with Gasteiger partial charge in [0.25, 0.3) is 0 Å². The molecule has 0 saturated carbocycles. The molecule has 2 rings (SSSR count). The molecule has 84 valence electrons. The van der Waals surface area contributed by atoms with Gasteiger partial charge in [0, 0.05) is 12.1 Å². The molecule has 0 aliphatic heterocycles. The molecular weight excluding hydrogens is 198 g/mol. The smallest absolute Gasteiger partial charge is 0.0947 e. The molecule has 0 atom stereocenters. The van der Waals surface area contributed by atoms with Crippen LogP contribution in [-0.2, 0) is 13.0 Å². The fourth-order valence-corrected chi connectivity index (χ4v) is 1.69. The fraction of sp³-hybridized carbons (Fsp3) is 0.286. The summed E-state index contributed by atoms with van der Waals surface area (Å²) in [4.78, 5) is 0. The zero-order valence-electron chi connectivity index (χ0n) is 9.36. The van der Waals surface area contributed by atoms with Gasteiger partial charge in [-0.2, -0.15) is 0 Å². The summed E-state index contributed by atoms with van der Waals surface area (Å²) in [7, 11) is 0. The van der Waals surface area contributed by atoms with E-state index in [2.05, 4.69) is 35.6 Å². The highest BCUT2D eigenvalue weighted by molar-refractivity contribution is 5.14. The average molecular weight is 215 g/mol. The highest BCUT2D eigenvalue weighted by Gasteiger charge is 1.94. The maximum atomic E-state index is 5.00. The van der Waals surface area contributed by atoms with E-state index in [1.807, 2.05) is 6.07 Å². The number of hydrogen-bond donors (Lipinski definition) is 1. The van der Waals surface area contributed by atoms with Crippen LogP contribution in [0.5, 0.6) is 0 Å². The van der Waals surface area contributed by atoms with E-state index in [0.717, 1.165) is 19.5 Å². The largest absolute Gasteiger partial charge is 0.472 e. The van der Waals surface area contributed by atoms with Crippen LogP contribution in [0, 0.1) is 0 Å². The Morgan fingerprint density at radius 1 is 1.00 bits per heavy atom. The lowest BCUT2D eigenvalue weighted by Crippen LogP contribution is -2.14. The lowest BCUT2D eigenvalue weighted by atomic mass is 10.1. The van der Waals surface area contributed by atoms with E-state index in [0.29, 0.717) is 0 Å². The molecular formula is C14H17NO. The van der Waals surface area contributed by atoms with Gasteiger partial charge in [-0.25, -0.2) is 0 Å². The molecule has 1 aromatic carbocycles. The standard InChI is InChI=1S/C14H17NO/c1-2-5-13(6-3-1)7-4-9-15-11-14-8-10-16-12-14/h1-3,5-6,8,10,12,15H,4,7,9,11H2. The van der Waals surface area contributed by atoms with Gasteiger partial charge in [-0.3, -0.25) is 0 Å². The van der Waals surface area contributed by atoms with Crippen molar-refractivity contribution >= 4 is 0 Å². The van der Waals surface area contributed by atoms with Gasteiger partial charge in [0.05, 0.1) is 12.5 Å². The van der Waals surface area contributed by atoms with Gasteiger partial charge in [0.2, 0.25) is 0 Å². The van der Waals surface area contributed by atoms with E-state index in [1.54, 1.807) is 12.5 Å². The second-order valence-electron chi connectivity index (χ2n) is 3.90. The van der Waals surface area contributed by atoms with Gasteiger partial charge in [-0.05, 0) is 31.0 Å². The Morgan fingerprint density at radius 3 is 2.62 bits per heavy atom. The average Bonchev–Trinajstić information content (AvgIpc) is 2.83. The van der Waals surface area contributed by atoms with Crippen LogP contribution in [0.2, 0.25) is 0 Å². The van der Waals surface area contributed by atoms with Crippen LogP contribution in [0.3, 0.4) is 0 Å². The van der Waals surface area contributed by atoms with Crippen molar-refractivity contribution in [3.05, 3.63) is 60.1 Å². The normalized spacial score (nSPS) is 10.5. The van der Waals surface area contributed by atoms with Crippen molar-refractivity contribution in [2.24, 2.45) is 0 Å². The van der Waals surface area contributed by atoms with Crippen LogP contribution in [0.25, 0.3) is 0 Å². The molecule has 2 nitrogen and oxygen atoms in total. The van der Waals surface area contributed by atoms with Crippen LogP contribution < -0.4 is 5.32 Å². The zero-order valence-corrected chi connectivity index (χ0v) is 9.36. The minimum Gasteiger partial charge on any atom is -0.472 e. The van der Waals surface area contributed by atoms with E-state index in [-0.39, 0.29) is 0 Å². The van der Waals surface area contributed by atoms with Gasteiger partial charge in [-0.1, -0.05) is 30.3 Å². The van der Waals surface area contributed by atoms with Gasteiger partial charge in [0.15, 0.2) is 0 Å². The molecule has 0 aliphatic rings. The summed E-state index contributed by atoms with van der Waals surface area (Å²) in [5.41, 5.74) is 2.62. The topological polar surface area (TPSA) is 25.2 Å². The van der Waals surface area contributed by atoms with E-state index in [1.165, 1.54) is 17.5 Å². The number of aryl methyl sites for hydroxylation is 1. The van der Waals surface area contributed by atoms with E-state index < -0.39 is 0 Å². The van der Waals surface area contributed by atoms with Crippen LogP contribution in [0.1, 0.15) is 17.5 Å². The summed E-state index contributed by atoms with van der Waals surface area (Å²) < 4.78 is 5.00. The van der Waals surface area contributed by atoms with Crippen molar-refractivity contribution in [1.82, 2.24) is 5.32 Å². The highest BCUT2D eigenvalue weighted by atomic mass is 16.3. The monoisotopic (exact) mass is 215 g/mol. The fourth-order valence-electron chi connectivity index (χ4n) is 1.69. The Labute approximate surface area is 96.3 Å². The third-order valence-electron chi connectivity index (χ3n) is 2.57. The first-order valence-corrected chi connectivity index (χ1v) is 5.71. The maximum Gasteiger partial charge on any atom is 0.0947 e. The van der Waals surface area contributed by atoms with Crippen LogP contribution in [0.4, 0.5) is 0 Å². The number of rotatable bonds is 6. The Hall–Kier alpha value is -1.54. The molecule has 0 bridgehead atoms. The van der Waals surface area contributed by atoms with Gasteiger partial charge in [-0.15, -0.1) is 0 Å². The molecule has 1 aromatic heterocycles. The Balaban J connectivity index is 1.59. The molecule has 0 saturated heterocycles. The summed E-state index contributed by atoms with van der Waals surface area (Å²) in [6, 6.07) is 12.6. The molecule has 0 radical (unpaired) electrons. The number of benzene rings is 1. The summed E-state index contributed by atoms with van der Waals surface area (Å²) >= 11 is 0. The third kappa shape index (κ3) is 3.55. The SMILES string of the molecule is c1ccc(CCCNCc2ccoc2)cc1. The molecule has 16 heavy (non-hydrogen) atoms. The first-order chi connectivity index (χ1) is 7.95. The second kappa shape index (κ2) is 6.13. The predicted molar refractivity (Wildman–Crippen MR) is 65.2 cm³/mol. The minimum absolute atomic E-state index is 0.894. The molecule has 2 heteroatoms. The lowest BCUT2D eigenvalue weighted by molar-refractivity contribution is 0.559. The van der Waals surface area contributed by atoms with E-state index in [9.17, 15) is 0 Å². The molecule has 0 fully saturated rings. The van der Waals surface area contributed by atoms with Crippen LogP contribution in [0.15, 0.2) is 53.3 Å². The van der Waals surface area contributed by atoms with Crippen molar-refractivity contribution < 1.29 is 4.42 Å². The number of hydrogen-bond acceptors (Lipinski definition) is 2. The van der Waals surface area contributed by atoms with Gasteiger partial charge in [0.1, 0.15) is 0 Å². The van der Waals surface area contributed by atoms with Gasteiger partial charge < -0.3 is 9.73 Å². The van der Waals surface area contributed by atoms with Crippen molar-refractivity contribution in [2.75, 3.05) is 6.54 Å². The van der Waals surface area contributed by atoms with E-state index >= 15 is 0 Å². The molecule has 1 N–H and O–H groups in total. The maximum absolute atomic E-state index is 5.00. The Morgan fingerprint density at radius 2 is 1.88 bits per heavy atom. The molecule has 0 spiro atoms. The summed E-state index contributed by atoms with van der Waals surface area (Å²) in [6.07, 6.45) is 5.80. The predicted octanol–water partition coefficient (Wildman–Crippen LogP) is 3.00. The van der Waals surface area contributed by atoms with Crippen molar-refractivity contribution in [3.8, 4) is 0 Å². The van der Waals surface area contributed by atoms with Crippen molar-refractivity contribution in [1.29, 1.82) is 0 Å². The zero-order chi connectivity index (χ0) is 11.1. The third-order valence-corrected chi connectivity index (χ3v) is 2.57. The number of furan rings is 1. The Kier molecular flexibility index (Phi) is 4.20. The summed E-state index contributed by atoms with van der Waals surface area (Å²) in [5, 5.41) is 3.40. The Bertz CT molecular complexity index is 380. The molecule has 0 amide bonds. The first-order valence-electron chi connectivity index (χ1n) is 5.71. The summed E-state index contributed by atoms with van der Waals surface area (Å²) in [5.74, 6) is 0. The molecule has 1 heterocycles. The van der Waals surface area contributed by atoms with Crippen LogP contribution >= 0.6 is 0 Å². The second-order valence-corrected chi connectivity index (χ2v) is 3.90. The molecule has 2 aromatic rings. The minimum atomic E-state index is 0.894. The number of nitrogens with one attached hydrogen (secondary N) is 1. The van der Waals surface area contributed by atoms with Crippen molar-refractivity contribution in [3.63, 3.8) is 0 Å². The van der Waals surface area contributed by atoms with Crippen molar-refractivity contribution in [2.45, 2.75) is 19.4 Å². The molecule has 0 aliphatic carbocycles. The highest BCUT2D eigenvalue weighted by Crippen LogP contribution is 2.02. The summed E-state index contributed by atoms with van der Waals surface area (Å²) in [6.45, 7) is 1.94. The van der Waals surface area contributed by atoms with Crippen LogP contribution in [-0.4, -0.2) is 6.54 Å². The van der Waals surface area contributed by atoms with Gasteiger partial charge >= 0.3 is 0 Å². The quantitative estimate of drug-likeness (QED) is 0.749. The van der Waals surface area contributed by atoms with E-state index in [4.69, 9.17) is 4.42 Å². The lowest BCUT2D eigenvalue weighted by Gasteiger charge is -2.03.